The second-order valence-corrected chi connectivity index (χ2v) is 4.63. The van der Waals surface area contributed by atoms with Crippen LogP contribution < -0.4 is 10.6 Å². The van der Waals surface area contributed by atoms with Crippen molar-refractivity contribution in [1.82, 2.24) is 10.6 Å². The van der Waals surface area contributed by atoms with Crippen LogP contribution in [0.15, 0.2) is 22.8 Å². The Bertz CT molecular complexity index is 485. The molecule has 116 valence electrons. The van der Waals surface area contributed by atoms with E-state index >= 15 is 0 Å². The summed E-state index contributed by atoms with van der Waals surface area (Å²) in [4.78, 5) is 32.9. The first-order valence-corrected chi connectivity index (χ1v) is 6.42. The number of nitrogens with one attached hydrogen (secondary N) is 2. The van der Waals surface area contributed by atoms with Gasteiger partial charge in [-0.3, -0.25) is 4.79 Å². The molecule has 1 heterocycles. The molecule has 1 aromatic rings. The minimum atomic E-state index is -1.46. The molecule has 8 nitrogen and oxygen atoms in total. The summed E-state index contributed by atoms with van der Waals surface area (Å²) in [6, 6.07) is 1.20. The van der Waals surface area contributed by atoms with E-state index in [0.29, 0.717) is 12.8 Å². The molecule has 21 heavy (non-hydrogen) atoms. The number of amides is 2. The Morgan fingerprint density at radius 3 is 2.52 bits per heavy atom. The van der Waals surface area contributed by atoms with E-state index in [4.69, 9.17) is 14.6 Å². The fraction of sp³-hybridized carbons (Fsp3) is 0.462. The maximum Gasteiger partial charge on any atom is 0.326 e. The number of rotatable bonds is 8. The van der Waals surface area contributed by atoms with Crippen LogP contribution in [0.5, 0.6) is 0 Å². The number of carbonyl (C=O) groups is 3. The first-order chi connectivity index (χ1) is 9.88. The van der Waals surface area contributed by atoms with Gasteiger partial charge in [0.1, 0.15) is 11.8 Å². The summed E-state index contributed by atoms with van der Waals surface area (Å²) in [6.07, 6.45) is 2.12. The van der Waals surface area contributed by atoms with Gasteiger partial charge in [-0.05, 0) is 25.5 Å². The van der Waals surface area contributed by atoms with E-state index in [1.807, 2.05) is 6.07 Å². The molecule has 0 aromatic carbocycles. The summed E-state index contributed by atoms with van der Waals surface area (Å²) in [5.41, 5.74) is 0. The summed E-state index contributed by atoms with van der Waals surface area (Å²) in [7, 11) is 0. The molecular weight excluding hydrogens is 280 g/mol. The van der Waals surface area contributed by atoms with Gasteiger partial charge in [0, 0.05) is 12.5 Å². The molecule has 0 radical (unpaired) electrons. The van der Waals surface area contributed by atoms with Crippen molar-refractivity contribution in [3.63, 3.8) is 0 Å². The monoisotopic (exact) mass is 298 g/mol. The number of aryl methyl sites for hydroxylation is 1. The van der Waals surface area contributed by atoms with Crippen molar-refractivity contribution >= 4 is 18.0 Å². The molecule has 0 bridgehead atoms. The average molecular weight is 298 g/mol. The van der Waals surface area contributed by atoms with Crippen LogP contribution in [0.1, 0.15) is 25.5 Å². The molecule has 1 rings (SSSR count). The van der Waals surface area contributed by atoms with Crippen molar-refractivity contribution in [2.75, 3.05) is 0 Å². The minimum absolute atomic E-state index is 0.214. The highest BCUT2D eigenvalue weighted by molar-refractivity contribution is 5.86. The third-order valence-corrected chi connectivity index (χ3v) is 2.76. The zero-order valence-corrected chi connectivity index (χ0v) is 11.5. The SMILES string of the molecule is CC(CCc1ccco1)NC(=O)NC(CC(=O)O)C(=O)O. The molecule has 2 atom stereocenters. The Morgan fingerprint density at radius 1 is 1.29 bits per heavy atom. The fourth-order valence-corrected chi connectivity index (χ4v) is 1.68. The van der Waals surface area contributed by atoms with Crippen LogP contribution in [0.4, 0.5) is 4.79 Å². The smallest absolute Gasteiger partial charge is 0.326 e. The number of hydrogen-bond donors (Lipinski definition) is 4. The number of aliphatic carboxylic acids is 2. The molecule has 2 amide bonds. The Labute approximate surface area is 121 Å². The quantitative estimate of drug-likeness (QED) is 0.562. The number of carbonyl (C=O) groups excluding carboxylic acids is 1. The first-order valence-electron chi connectivity index (χ1n) is 6.42. The zero-order valence-electron chi connectivity index (χ0n) is 11.5. The lowest BCUT2D eigenvalue weighted by Crippen LogP contribution is -2.49. The van der Waals surface area contributed by atoms with Gasteiger partial charge in [0.25, 0.3) is 0 Å². The molecule has 4 N–H and O–H groups in total. The van der Waals surface area contributed by atoms with E-state index < -0.39 is 30.4 Å². The Kier molecular flexibility index (Phi) is 6.25. The summed E-state index contributed by atoms with van der Waals surface area (Å²) in [6.45, 7) is 1.76. The molecule has 0 spiro atoms. The normalized spacial score (nSPS) is 13.2. The lowest BCUT2D eigenvalue weighted by Gasteiger charge is -2.17. The Hall–Kier alpha value is -2.51. The highest BCUT2D eigenvalue weighted by Crippen LogP contribution is 2.05. The van der Waals surface area contributed by atoms with E-state index in [-0.39, 0.29) is 6.04 Å². The van der Waals surface area contributed by atoms with E-state index in [2.05, 4.69) is 10.6 Å². The van der Waals surface area contributed by atoms with Gasteiger partial charge in [0.2, 0.25) is 0 Å². The minimum Gasteiger partial charge on any atom is -0.481 e. The zero-order chi connectivity index (χ0) is 15.8. The van der Waals surface area contributed by atoms with Gasteiger partial charge in [-0.25, -0.2) is 9.59 Å². The maximum absolute atomic E-state index is 11.6. The molecule has 0 fully saturated rings. The van der Waals surface area contributed by atoms with Gasteiger partial charge >= 0.3 is 18.0 Å². The maximum atomic E-state index is 11.6. The second-order valence-electron chi connectivity index (χ2n) is 4.63. The van der Waals surface area contributed by atoms with Crippen LogP contribution >= 0.6 is 0 Å². The summed E-state index contributed by atoms with van der Waals surface area (Å²) < 4.78 is 5.16. The van der Waals surface area contributed by atoms with Crippen molar-refractivity contribution in [2.45, 2.75) is 38.3 Å². The predicted molar refractivity (Wildman–Crippen MR) is 71.8 cm³/mol. The Morgan fingerprint density at radius 2 is 2.00 bits per heavy atom. The predicted octanol–water partition coefficient (Wildman–Crippen LogP) is 0.828. The summed E-state index contributed by atoms with van der Waals surface area (Å²) in [5.74, 6) is -1.90. The molecule has 0 saturated carbocycles. The Balaban J connectivity index is 2.36. The van der Waals surface area contributed by atoms with E-state index in [1.165, 1.54) is 0 Å². The number of furan rings is 1. The topological polar surface area (TPSA) is 129 Å². The third-order valence-electron chi connectivity index (χ3n) is 2.76. The summed E-state index contributed by atoms with van der Waals surface area (Å²) >= 11 is 0. The number of hydrogen-bond acceptors (Lipinski definition) is 4. The van der Waals surface area contributed by atoms with Gasteiger partial charge in [-0.1, -0.05) is 0 Å². The molecular formula is C13H18N2O6. The number of carboxylic acid groups (broad SMARTS) is 2. The fourth-order valence-electron chi connectivity index (χ4n) is 1.68. The average Bonchev–Trinajstić information content (AvgIpc) is 2.87. The molecule has 0 aliphatic heterocycles. The van der Waals surface area contributed by atoms with Gasteiger partial charge in [-0.15, -0.1) is 0 Å². The van der Waals surface area contributed by atoms with Crippen LogP contribution in [0, 0.1) is 0 Å². The lowest BCUT2D eigenvalue weighted by molar-refractivity contribution is -0.145. The van der Waals surface area contributed by atoms with Crippen LogP contribution in [-0.4, -0.2) is 40.3 Å². The number of carboxylic acids is 2. The summed E-state index contributed by atoms with van der Waals surface area (Å²) in [5, 5.41) is 22.1. The molecule has 1 aromatic heterocycles. The number of urea groups is 1. The van der Waals surface area contributed by atoms with Gasteiger partial charge < -0.3 is 25.3 Å². The molecule has 2 unspecified atom stereocenters. The van der Waals surface area contributed by atoms with Crippen LogP contribution in [0.25, 0.3) is 0 Å². The van der Waals surface area contributed by atoms with Gasteiger partial charge in [0.15, 0.2) is 0 Å². The van der Waals surface area contributed by atoms with Crippen molar-refractivity contribution in [1.29, 1.82) is 0 Å². The molecule has 0 aliphatic carbocycles. The lowest BCUT2D eigenvalue weighted by atomic mass is 10.1. The highest BCUT2D eigenvalue weighted by Gasteiger charge is 2.23. The van der Waals surface area contributed by atoms with Crippen molar-refractivity contribution < 1.29 is 29.0 Å². The highest BCUT2D eigenvalue weighted by atomic mass is 16.4. The molecule has 0 aliphatic rings. The van der Waals surface area contributed by atoms with Crippen molar-refractivity contribution in [3.05, 3.63) is 24.2 Å². The van der Waals surface area contributed by atoms with Gasteiger partial charge in [0.05, 0.1) is 12.7 Å². The standard InChI is InChI=1S/C13H18N2O6/c1-8(4-5-9-3-2-6-21-9)14-13(20)15-10(12(18)19)7-11(16)17/h2-3,6,8,10H,4-5,7H2,1H3,(H,16,17)(H,18,19)(H2,14,15,20). The van der Waals surface area contributed by atoms with E-state index in [1.54, 1.807) is 19.3 Å². The van der Waals surface area contributed by atoms with Gasteiger partial charge in [-0.2, -0.15) is 0 Å². The van der Waals surface area contributed by atoms with Crippen LogP contribution in [-0.2, 0) is 16.0 Å². The second kappa shape index (κ2) is 7.93. The van der Waals surface area contributed by atoms with E-state index in [0.717, 1.165) is 5.76 Å². The van der Waals surface area contributed by atoms with Crippen molar-refractivity contribution in [2.24, 2.45) is 0 Å². The molecule has 0 saturated heterocycles. The van der Waals surface area contributed by atoms with Crippen molar-refractivity contribution in [3.8, 4) is 0 Å². The van der Waals surface area contributed by atoms with Crippen LogP contribution in [0.2, 0.25) is 0 Å². The van der Waals surface area contributed by atoms with Crippen LogP contribution in [0.3, 0.4) is 0 Å². The first kappa shape index (κ1) is 16.5. The molecule has 8 heteroatoms. The van der Waals surface area contributed by atoms with E-state index in [9.17, 15) is 14.4 Å². The largest absolute Gasteiger partial charge is 0.481 e. The third kappa shape index (κ3) is 6.46.